The zero-order valence-electron chi connectivity index (χ0n) is 21.0. The summed E-state index contributed by atoms with van der Waals surface area (Å²) in [6.45, 7) is 9.11. The third-order valence-corrected chi connectivity index (χ3v) is 8.49. The number of carbonyl (C=O) groups is 1. The SMILES string of the molecule is CCN1CC2CN(c3ncc4c(=O)c(C(=O)NC5CCNCC5)c5[nH]c6ccccc6n5c4n3)CC2C1. The second kappa shape index (κ2) is 8.81. The quantitative estimate of drug-likeness (QED) is 0.390. The number of anilines is 1. The monoisotopic (exact) mass is 500 g/mol. The highest BCUT2D eigenvalue weighted by Crippen LogP contribution is 2.33. The number of amides is 1. The summed E-state index contributed by atoms with van der Waals surface area (Å²) in [5.41, 5.74) is 2.52. The van der Waals surface area contributed by atoms with Gasteiger partial charge in [-0.15, -0.1) is 0 Å². The van der Waals surface area contributed by atoms with Crippen molar-refractivity contribution in [2.75, 3.05) is 50.7 Å². The zero-order valence-corrected chi connectivity index (χ0v) is 21.0. The Morgan fingerprint density at radius 2 is 1.86 bits per heavy atom. The molecule has 10 heteroatoms. The van der Waals surface area contributed by atoms with Crippen LogP contribution in [-0.4, -0.2) is 82.0 Å². The Hall–Kier alpha value is -3.50. The molecule has 4 aromatic rings. The second-order valence-electron chi connectivity index (χ2n) is 10.7. The number of nitrogens with zero attached hydrogens (tertiary/aromatic N) is 5. The molecule has 2 atom stereocenters. The van der Waals surface area contributed by atoms with E-state index in [0.29, 0.717) is 34.5 Å². The van der Waals surface area contributed by atoms with E-state index in [1.54, 1.807) is 6.20 Å². The summed E-state index contributed by atoms with van der Waals surface area (Å²) in [5, 5.41) is 6.77. The van der Waals surface area contributed by atoms with Crippen LogP contribution in [0.3, 0.4) is 0 Å². The van der Waals surface area contributed by atoms with E-state index < -0.39 is 0 Å². The number of hydrogen-bond acceptors (Lipinski definition) is 7. The van der Waals surface area contributed by atoms with Gasteiger partial charge < -0.3 is 25.4 Å². The van der Waals surface area contributed by atoms with Crippen LogP contribution in [0.5, 0.6) is 0 Å². The van der Waals surface area contributed by atoms with Gasteiger partial charge in [-0.1, -0.05) is 19.1 Å². The molecular weight excluding hydrogens is 468 g/mol. The molecule has 7 rings (SSSR count). The van der Waals surface area contributed by atoms with Gasteiger partial charge >= 0.3 is 0 Å². The number of nitrogens with one attached hydrogen (secondary N) is 3. The standard InChI is InChI=1S/C27H32N8O2/c1-2-33-12-16-14-34(15-17(16)13-33)27-29-11-19-23(36)22(26(37)30-18-7-9-28-10-8-18)25-31-20-5-3-4-6-21(20)35(25)24(19)32-27/h3-6,11,16-18,28,31H,2,7-10,12-15H2,1H3,(H,30,37). The third-order valence-electron chi connectivity index (χ3n) is 8.49. The molecule has 3 aromatic heterocycles. The highest BCUT2D eigenvalue weighted by Gasteiger charge is 2.40. The van der Waals surface area contributed by atoms with E-state index in [1.807, 2.05) is 28.7 Å². The van der Waals surface area contributed by atoms with Gasteiger partial charge in [0.25, 0.3) is 5.91 Å². The van der Waals surface area contributed by atoms with E-state index in [-0.39, 0.29) is 22.9 Å². The van der Waals surface area contributed by atoms with Crippen LogP contribution in [0.15, 0.2) is 35.3 Å². The maximum Gasteiger partial charge on any atom is 0.259 e. The predicted molar refractivity (Wildman–Crippen MR) is 143 cm³/mol. The molecule has 37 heavy (non-hydrogen) atoms. The van der Waals surface area contributed by atoms with Gasteiger partial charge in [-0.2, -0.15) is 4.98 Å². The molecule has 0 aliphatic carbocycles. The number of pyridine rings is 1. The van der Waals surface area contributed by atoms with Crippen LogP contribution in [0, 0.1) is 11.8 Å². The maximum absolute atomic E-state index is 13.8. The van der Waals surface area contributed by atoms with Gasteiger partial charge in [-0.25, -0.2) is 4.98 Å². The molecule has 3 fully saturated rings. The lowest BCUT2D eigenvalue weighted by Crippen LogP contribution is -2.44. The van der Waals surface area contributed by atoms with Crippen LogP contribution < -0.4 is 21.0 Å². The van der Waals surface area contributed by atoms with Gasteiger partial charge in [-0.3, -0.25) is 14.0 Å². The van der Waals surface area contributed by atoms with E-state index in [1.165, 1.54) is 0 Å². The van der Waals surface area contributed by atoms with Gasteiger partial charge in [0, 0.05) is 38.4 Å². The summed E-state index contributed by atoms with van der Waals surface area (Å²) in [6.07, 6.45) is 3.30. The maximum atomic E-state index is 13.8. The van der Waals surface area contributed by atoms with Crippen molar-refractivity contribution in [2.45, 2.75) is 25.8 Å². The Kier molecular flexibility index (Phi) is 5.40. The van der Waals surface area contributed by atoms with Crippen LogP contribution in [0.4, 0.5) is 5.95 Å². The first-order valence-corrected chi connectivity index (χ1v) is 13.4. The number of hydrogen-bond donors (Lipinski definition) is 3. The van der Waals surface area contributed by atoms with Crippen LogP contribution in [-0.2, 0) is 0 Å². The number of benzene rings is 1. The van der Waals surface area contributed by atoms with Crippen molar-refractivity contribution < 1.29 is 4.79 Å². The molecule has 10 nitrogen and oxygen atoms in total. The summed E-state index contributed by atoms with van der Waals surface area (Å²) in [5.74, 6) is 1.54. The molecule has 1 amide bonds. The fourth-order valence-corrected chi connectivity index (χ4v) is 6.51. The van der Waals surface area contributed by atoms with Gasteiger partial charge in [0.2, 0.25) is 11.4 Å². The lowest BCUT2D eigenvalue weighted by Gasteiger charge is -2.23. The Bertz CT molecular complexity index is 1560. The summed E-state index contributed by atoms with van der Waals surface area (Å²) in [4.78, 5) is 45.0. The van der Waals surface area contributed by atoms with Gasteiger partial charge in [0.1, 0.15) is 11.2 Å². The molecule has 192 valence electrons. The van der Waals surface area contributed by atoms with E-state index >= 15 is 0 Å². The minimum atomic E-state index is -0.347. The summed E-state index contributed by atoms with van der Waals surface area (Å²) >= 11 is 0. The summed E-state index contributed by atoms with van der Waals surface area (Å²) < 4.78 is 1.92. The highest BCUT2D eigenvalue weighted by atomic mass is 16.2. The predicted octanol–water partition coefficient (Wildman–Crippen LogP) is 1.59. The molecule has 3 aliphatic heterocycles. The molecular formula is C27H32N8O2. The number of para-hydroxylation sites is 2. The van der Waals surface area contributed by atoms with Crippen molar-refractivity contribution in [3.63, 3.8) is 0 Å². The fraction of sp³-hybridized carbons (Fsp3) is 0.481. The lowest BCUT2D eigenvalue weighted by atomic mass is 10.0. The van der Waals surface area contributed by atoms with E-state index in [4.69, 9.17) is 4.98 Å². The first-order chi connectivity index (χ1) is 18.1. The number of imidazole rings is 1. The molecule has 0 spiro atoms. The molecule has 0 bridgehead atoms. The van der Waals surface area contributed by atoms with Crippen molar-refractivity contribution in [1.29, 1.82) is 0 Å². The first kappa shape index (κ1) is 22.7. The second-order valence-corrected chi connectivity index (χ2v) is 10.7. The lowest BCUT2D eigenvalue weighted by molar-refractivity contribution is 0.0930. The Balaban J connectivity index is 1.34. The topological polar surface area (TPSA) is 111 Å². The number of aromatic nitrogens is 4. The van der Waals surface area contributed by atoms with Gasteiger partial charge in [0.15, 0.2) is 5.65 Å². The highest BCUT2D eigenvalue weighted by molar-refractivity contribution is 6.05. The molecule has 0 saturated carbocycles. The molecule has 3 saturated heterocycles. The van der Waals surface area contributed by atoms with E-state index in [9.17, 15) is 9.59 Å². The number of piperidine rings is 1. The van der Waals surface area contributed by atoms with Gasteiger partial charge in [-0.05, 0) is 56.4 Å². The Morgan fingerprint density at radius 1 is 1.11 bits per heavy atom. The molecule has 6 heterocycles. The van der Waals surface area contributed by atoms with Crippen LogP contribution >= 0.6 is 0 Å². The third kappa shape index (κ3) is 3.69. The minimum absolute atomic E-state index is 0.0464. The number of rotatable bonds is 4. The van der Waals surface area contributed by atoms with Crippen molar-refractivity contribution in [3.8, 4) is 0 Å². The van der Waals surface area contributed by atoms with Crippen molar-refractivity contribution >= 4 is 39.6 Å². The molecule has 2 unspecified atom stereocenters. The van der Waals surface area contributed by atoms with Crippen molar-refractivity contribution in [2.24, 2.45) is 11.8 Å². The van der Waals surface area contributed by atoms with Crippen LogP contribution in [0.2, 0.25) is 0 Å². The average molecular weight is 501 g/mol. The summed E-state index contributed by atoms with van der Waals surface area (Å²) in [6, 6.07) is 7.88. The molecule has 0 radical (unpaired) electrons. The number of H-pyrrole nitrogens is 1. The van der Waals surface area contributed by atoms with E-state index in [2.05, 4.69) is 37.3 Å². The Labute approximate surface area is 214 Å². The summed E-state index contributed by atoms with van der Waals surface area (Å²) in [7, 11) is 0. The number of fused-ring (bicyclic) bond motifs is 6. The van der Waals surface area contributed by atoms with Gasteiger partial charge in [0.05, 0.1) is 16.4 Å². The number of carbonyl (C=O) groups excluding carboxylic acids is 1. The first-order valence-electron chi connectivity index (χ1n) is 13.4. The van der Waals surface area contributed by atoms with Crippen LogP contribution in [0.25, 0.3) is 27.7 Å². The zero-order chi connectivity index (χ0) is 25.1. The average Bonchev–Trinajstić information content (AvgIpc) is 3.60. The minimum Gasteiger partial charge on any atom is -0.349 e. The number of aromatic amines is 1. The number of likely N-dealkylation sites (tertiary alicyclic amines) is 1. The van der Waals surface area contributed by atoms with Crippen molar-refractivity contribution in [3.05, 3.63) is 46.2 Å². The van der Waals surface area contributed by atoms with Crippen LogP contribution in [0.1, 0.15) is 30.1 Å². The normalized spacial score (nSPS) is 22.9. The fourth-order valence-electron chi connectivity index (χ4n) is 6.51. The molecule has 3 aliphatic rings. The van der Waals surface area contributed by atoms with E-state index in [0.717, 1.165) is 69.7 Å². The molecule has 1 aromatic carbocycles. The van der Waals surface area contributed by atoms with Crippen molar-refractivity contribution in [1.82, 2.24) is 34.9 Å². The largest absolute Gasteiger partial charge is 0.349 e. The smallest absolute Gasteiger partial charge is 0.259 e. The Morgan fingerprint density at radius 3 is 2.62 bits per heavy atom. The molecule has 3 N–H and O–H groups in total.